The molecule has 0 aliphatic heterocycles. The number of aliphatic carboxylic acids is 1. The third-order valence-electron chi connectivity index (χ3n) is 3.37. The lowest BCUT2D eigenvalue weighted by atomic mass is 9.86. The third kappa shape index (κ3) is 3.93. The molecule has 1 amide bonds. The highest BCUT2D eigenvalue weighted by Gasteiger charge is 2.19. The largest absolute Gasteiger partial charge is 0.478 e. The van der Waals surface area contributed by atoms with Gasteiger partial charge in [0.1, 0.15) is 0 Å². The van der Waals surface area contributed by atoms with Crippen LogP contribution in [0.25, 0.3) is 0 Å². The summed E-state index contributed by atoms with van der Waals surface area (Å²) in [7, 11) is 0. The van der Waals surface area contributed by atoms with Crippen LogP contribution in [-0.4, -0.2) is 17.0 Å². The number of nitrogens with one attached hydrogen (secondary N) is 1. The Bertz CT molecular complexity index is 634. The Morgan fingerprint density at radius 2 is 1.67 bits per heavy atom. The van der Waals surface area contributed by atoms with E-state index in [2.05, 4.69) is 11.4 Å². The molecule has 21 heavy (non-hydrogen) atoms. The molecule has 0 saturated carbocycles. The molecule has 0 bridgehead atoms. The molecule has 0 atom stereocenters. The van der Waals surface area contributed by atoms with Crippen molar-refractivity contribution < 1.29 is 14.7 Å². The van der Waals surface area contributed by atoms with E-state index in [1.165, 1.54) is 13.8 Å². The molecule has 0 radical (unpaired) electrons. The number of hydrogen-bond acceptors (Lipinski definition) is 3. The maximum atomic E-state index is 11.9. The number of hydrogen-bond donors (Lipinski definition) is 2. The molecular weight excluding hydrogens is 268 g/mol. The first kappa shape index (κ1) is 16.4. The molecule has 0 unspecified atom stereocenters. The van der Waals surface area contributed by atoms with Crippen LogP contribution in [0.1, 0.15) is 33.3 Å². The fourth-order valence-electron chi connectivity index (χ4n) is 1.59. The van der Waals surface area contributed by atoms with Gasteiger partial charge in [-0.15, -0.1) is 0 Å². The van der Waals surface area contributed by atoms with E-state index in [4.69, 9.17) is 10.4 Å². The monoisotopic (exact) mass is 286 g/mol. The van der Waals surface area contributed by atoms with Crippen LogP contribution >= 0.6 is 0 Å². The van der Waals surface area contributed by atoms with Crippen molar-refractivity contribution in [2.45, 2.75) is 33.1 Å². The molecule has 1 aromatic carbocycles. The molecular formula is C16H18N2O3. The molecule has 110 valence electrons. The average Bonchev–Trinajstić information content (AvgIpc) is 2.46. The zero-order valence-electron chi connectivity index (χ0n) is 12.5. The Morgan fingerprint density at radius 3 is 2.10 bits per heavy atom. The fraction of sp³-hybridized carbons (Fsp3) is 0.312. The van der Waals surface area contributed by atoms with Crippen molar-refractivity contribution in [3.63, 3.8) is 0 Å². The van der Waals surface area contributed by atoms with E-state index in [1.54, 1.807) is 24.3 Å². The highest BCUT2D eigenvalue weighted by molar-refractivity contribution is 6.08. The predicted octanol–water partition coefficient (Wildman–Crippen LogP) is 2.85. The molecule has 0 aromatic heterocycles. The summed E-state index contributed by atoms with van der Waals surface area (Å²) >= 11 is 0. The van der Waals surface area contributed by atoms with E-state index >= 15 is 0 Å². The Labute approximate surface area is 123 Å². The summed E-state index contributed by atoms with van der Waals surface area (Å²) in [5.74, 6) is -1.57. The van der Waals surface area contributed by atoms with Gasteiger partial charge in [0.15, 0.2) is 0 Å². The molecule has 0 aliphatic rings. The van der Waals surface area contributed by atoms with E-state index in [1.807, 2.05) is 13.8 Å². The molecule has 0 aliphatic carbocycles. The molecule has 0 heterocycles. The highest BCUT2D eigenvalue weighted by Crippen LogP contribution is 2.23. The number of carboxylic acids is 1. The van der Waals surface area contributed by atoms with Gasteiger partial charge in [0.25, 0.3) is 5.91 Å². The first-order valence-corrected chi connectivity index (χ1v) is 6.43. The van der Waals surface area contributed by atoms with Crippen LogP contribution in [-0.2, 0) is 15.0 Å². The van der Waals surface area contributed by atoms with Crippen LogP contribution in [0.4, 0.5) is 5.69 Å². The van der Waals surface area contributed by atoms with Crippen molar-refractivity contribution in [1.29, 1.82) is 5.26 Å². The lowest BCUT2D eigenvalue weighted by Gasteiger charge is -2.16. The quantitative estimate of drug-likeness (QED) is 0.833. The van der Waals surface area contributed by atoms with E-state index in [9.17, 15) is 9.59 Å². The maximum Gasteiger partial charge on any atom is 0.331 e. The van der Waals surface area contributed by atoms with Crippen molar-refractivity contribution in [2.75, 3.05) is 5.32 Å². The van der Waals surface area contributed by atoms with Gasteiger partial charge < -0.3 is 10.4 Å². The third-order valence-corrected chi connectivity index (χ3v) is 3.37. The number of carboxylic acid groups (broad SMARTS) is 1. The van der Waals surface area contributed by atoms with Crippen LogP contribution in [0, 0.1) is 11.3 Å². The zero-order chi connectivity index (χ0) is 16.2. The molecule has 2 N–H and O–H groups in total. The summed E-state index contributed by atoms with van der Waals surface area (Å²) < 4.78 is 0. The summed E-state index contributed by atoms with van der Waals surface area (Å²) in [6.45, 7) is 6.47. The molecule has 1 aromatic rings. The lowest BCUT2D eigenvalue weighted by Crippen LogP contribution is -2.17. The van der Waals surface area contributed by atoms with E-state index in [-0.39, 0.29) is 11.1 Å². The molecule has 5 nitrogen and oxygen atoms in total. The smallest absolute Gasteiger partial charge is 0.331 e. The van der Waals surface area contributed by atoms with Gasteiger partial charge >= 0.3 is 5.97 Å². The summed E-state index contributed by atoms with van der Waals surface area (Å²) in [5.41, 5.74) is 0.962. The minimum atomic E-state index is -1.12. The van der Waals surface area contributed by atoms with Gasteiger partial charge in [-0.2, -0.15) is 5.26 Å². The second-order valence-corrected chi connectivity index (χ2v) is 5.32. The van der Waals surface area contributed by atoms with E-state index < -0.39 is 17.3 Å². The second-order valence-electron chi connectivity index (χ2n) is 5.32. The summed E-state index contributed by atoms with van der Waals surface area (Å²) in [5, 5.41) is 20.5. The summed E-state index contributed by atoms with van der Waals surface area (Å²) in [6, 6.07) is 9.12. The topological polar surface area (TPSA) is 90.2 Å². The number of nitrogens with zero attached hydrogens (tertiary/aromatic N) is 1. The van der Waals surface area contributed by atoms with Gasteiger partial charge in [-0.3, -0.25) is 4.79 Å². The second kappa shape index (κ2) is 6.23. The van der Waals surface area contributed by atoms with Crippen molar-refractivity contribution in [2.24, 2.45) is 0 Å². The van der Waals surface area contributed by atoms with Gasteiger partial charge in [-0.25, -0.2) is 4.79 Å². The molecule has 1 rings (SSSR count). The highest BCUT2D eigenvalue weighted by atomic mass is 16.4. The van der Waals surface area contributed by atoms with E-state index in [0.717, 1.165) is 5.56 Å². The van der Waals surface area contributed by atoms with Crippen molar-refractivity contribution >= 4 is 17.6 Å². The van der Waals surface area contributed by atoms with Crippen molar-refractivity contribution in [3.8, 4) is 6.07 Å². The molecule has 5 heteroatoms. The number of anilines is 1. The molecule has 0 fully saturated rings. The first-order chi connectivity index (χ1) is 9.69. The van der Waals surface area contributed by atoms with Crippen LogP contribution < -0.4 is 5.32 Å². The van der Waals surface area contributed by atoms with Crippen LogP contribution in [0.5, 0.6) is 0 Å². The minimum Gasteiger partial charge on any atom is -0.478 e. The van der Waals surface area contributed by atoms with Crippen LogP contribution in [0.15, 0.2) is 35.4 Å². The Morgan fingerprint density at radius 1 is 1.14 bits per heavy atom. The van der Waals surface area contributed by atoms with Gasteiger partial charge in [0, 0.05) is 16.8 Å². The molecule has 0 spiro atoms. The van der Waals surface area contributed by atoms with Gasteiger partial charge in [-0.05, 0) is 45.4 Å². The summed E-state index contributed by atoms with van der Waals surface area (Å²) in [4.78, 5) is 22.7. The predicted molar refractivity (Wildman–Crippen MR) is 79.7 cm³/mol. The minimum absolute atomic E-state index is 0.00901. The standard InChI is InChI=1S/C16H18N2O3/c1-10(11(2)15(20)21)14(19)18-13-7-5-12(6-8-13)16(3,4)9-17/h5-8H,1-4H3,(H,18,19)(H,20,21). The number of carbonyl (C=O) groups is 2. The molecule has 0 saturated heterocycles. The maximum absolute atomic E-state index is 11.9. The first-order valence-electron chi connectivity index (χ1n) is 6.43. The number of carbonyl (C=O) groups excluding carboxylic acids is 1. The fourth-order valence-corrected chi connectivity index (χ4v) is 1.59. The Kier molecular flexibility index (Phi) is 4.88. The van der Waals surface area contributed by atoms with Gasteiger partial charge in [0.2, 0.25) is 0 Å². The number of rotatable bonds is 4. The van der Waals surface area contributed by atoms with E-state index in [0.29, 0.717) is 5.69 Å². The van der Waals surface area contributed by atoms with Gasteiger partial charge in [0.05, 0.1) is 11.5 Å². The lowest BCUT2D eigenvalue weighted by molar-refractivity contribution is -0.133. The summed E-state index contributed by atoms with van der Waals surface area (Å²) in [6.07, 6.45) is 0. The number of amides is 1. The zero-order valence-corrected chi connectivity index (χ0v) is 12.5. The average molecular weight is 286 g/mol. The van der Waals surface area contributed by atoms with Crippen LogP contribution in [0.3, 0.4) is 0 Å². The Balaban J connectivity index is 2.92. The number of benzene rings is 1. The van der Waals surface area contributed by atoms with Crippen LogP contribution in [0.2, 0.25) is 0 Å². The van der Waals surface area contributed by atoms with Crippen molar-refractivity contribution in [1.82, 2.24) is 0 Å². The normalized spacial score (nSPS) is 12.1. The number of nitriles is 1. The SMILES string of the molecule is CC(C(=O)O)=C(C)C(=O)Nc1ccc(C(C)(C)C#N)cc1. The Hall–Kier alpha value is -2.61. The van der Waals surface area contributed by atoms with Gasteiger partial charge in [-0.1, -0.05) is 12.1 Å². The van der Waals surface area contributed by atoms with Crippen molar-refractivity contribution in [3.05, 3.63) is 41.0 Å².